The van der Waals surface area contributed by atoms with E-state index in [2.05, 4.69) is 5.32 Å². The Morgan fingerprint density at radius 3 is 2.77 bits per heavy atom. The number of carbonyl (C=O) groups excluding carboxylic acids is 1. The van der Waals surface area contributed by atoms with Crippen LogP contribution in [0, 0.1) is 0 Å². The lowest BCUT2D eigenvalue weighted by Crippen LogP contribution is -2.34. The van der Waals surface area contributed by atoms with Gasteiger partial charge in [0.2, 0.25) is 5.91 Å². The van der Waals surface area contributed by atoms with E-state index in [1.165, 1.54) is 19.3 Å². The Bertz CT molecular complexity index is 580. The van der Waals surface area contributed by atoms with Crippen molar-refractivity contribution in [3.63, 3.8) is 0 Å². The van der Waals surface area contributed by atoms with Gasteiger partial charge >= 0.3 is 0 Å². The van der Waals surface area contributed by atoms with Gasteiger partial charge in [0.05, 0.1) is 5.02 Å². The van der Waals surface area contributed by atoms with Gasteiger partial charge in [0.15, 0.2) is 11.5 Å². The molecule has 1 amide bonds. The third-order valence-electron chi connectivity index (χ3n) is 4.00. The molecule has 1 N–H and O–H groups in total. The molecular formula is C17H20ClNO3. The van der Waals surface area contributed by atoms with E-state index in [9.17, 15) is 4.79 Å². The number of rotatable bonds is 3. The summed E-state index contributed by atoms with van der Waals surface area (Å²) < 4.78 is 11.0. The van der Waals surface area contributed by atoms with Gasteiger partial charge in [-0.05, 0) is 36.6 Å². The number of hydrogen-bond acceptors (Lipinski definition) is 3. The Balaban J connectivity index is 1.64. The van der Waals surface area contributed by atoms with Crippen molar-refractivity contribution < 1.29 is 14.3 Å². The lowest BCUT2D eigenvalue weighted by Gasteiger charge is -2.22. The van der Waals surface area contributed by atoms with Crippen LogP contribution in [0.2, 0.25) is 5.02 Å². The van der Waals surface area contributed by atoms with E-state index < -0.39 is 0 Å². The maximum Gasteiger partial charge on any atom is 0.244 e. The van der Waals surface area contributed by atoms with Gasteiger partial charge in [0.1, 0.15) is 13.2 Å². The van der Waals surface area contributed by atoms with Gasteiger partial charge in [0, 0.05) is 12.1 Å². The van der Waals surface area contributed by atoms with E-state index in [4.69, 9.17) is 21.1 Å². The van der Waals surface area contributed by atoms with E-state index in [0.717, 1.165) is 18.4 Å². The zero-order valence-electron chi connectivity index (χ0n) is 12.4. The molecular weight excluding hydrogens is 302 g/mol. The molecule has 2 aliphatic rings. The van der Waals surface area contributed by atoms with Crippen molar-refractivity contribution in [1.29, 1.82) is 0 Å². The Labute approximate surface area is 135 Å². The number of halogens is 1. The molecule has 0 saturated heterocycles. The molecule has 1 saturated carbocycles. The van der Waals surface area contributed by atoms with Crippen LogP contribution >= 0.6 is 11.6 Å². The maximum absolute atomic E-state index is 12.0. The number of nitrogens with one attached hydrogen (secondary N) is 1. The van der Waals surface area contributed by atoms with Gasteiger partial charge in [-0.25, -0.2) is 0 Å². The third-order valence-corrected chi connectivity index (χ3v) is 4.28. The smallest absolute Gasteiger partial charge is 0.244 e. The molecule has 0 unspecified atom stereocenters. The molecule has 0 bridgehead atoms. The molecule has 1 aromatic rings. The fraction of sp³-hybridized carbons (Fsp3) is 0.471. The Morgan fingerprint density at radius 1 is 1.18 bits per heavy atom. The van der Waals surface area contributed by atoms with Crippen LogP contribution in [0.15, 0.2) is 18.2 Å². The maximum atomic E-state index is 12.0. The number of hydrogen-bond donors (Lipinski definition) is 1. The van der Waals surface area contributed by atoms with Gasteiger partial charge in [0.25, 0.3) is 0 Å². The van der Waals surface area contributed by atoms with E-state index in [-0.39, 0.29) is 5.91 Å². The number of ether oxygens (including phenoxy) is 2. The second-order valence-electron chi connectivity index (χ2n) is 5.70. The first-order valence-electron chi connectivity index (χ1n) is 7.80. The minimum Gasteiger partial charge on any atom is -0.486 e. The summed E-state index contributed by atoms with van der Waals surface area (Å²) in [6, 6.07) is 3.93. The number of fused-ring (bicyclic) bond motifs is 1. The van der Waals surface area contributed by atoms with Crippen LogP contribution in [-0.2, 0) is 4.79 Å². The third kappa shape index (κ3) is 3.74. The molecule has 0 aromatic heterocycles. The summed E-state index contributed by atoms with van der Waals surface area (Å²) in [4.78, 5) is 12.0. The SMILES string of the molecule is O=C(/C=C/c1cc(Cl)c2c(c1)OCCO2)NC1CCCCC1. The van der Waals surface area contributed by atoms with Crippen LogP contribution in [0.25, 0.3) is 6.08 Å². The lowest BCUT2D eigenvalue weighted by molar-refractivity contribution is -0.117. The summed E-state index contributed by atoms with van der Waals surface area (Å²) in [5.41, 5.74) is 0.827. The molecule has 1 aromatic carbocycles. The summed E-state index contributed by atoms with van der Waals surface area (Å²) in [6.45, 7) is 1.02. The molecule has 4 nitrogen and oxygen atoms in total. The van der Waals surface area contributed by atoms with E-state index in [1.54, 1.807) is 18.2 Å². The van der Waals surface area contributed by atoms with Crippen LogP contribution in [0.5, 0.6) is 11.5 Å². The number of benzene rings is 1. The highest BCUT2D eigenvalue weighted by Crippen LogP contribution is 2.38. The first kappa shape index (κ1) is 15.2. The number of carbonyl (C=O) groups is 1. The van der Waals surface area contributed by atoms with Crippen molar-refractivity contribution in [2.24, 2.45) is 0 Å². The average molecular weight is 322 g/mol. The number of amides is 1. The second kappa shape index (κ2) is 7.05. The molecule has 1 aliphatic heterocycles. The predicted octanol–water partition coefficient (Wildman–Crippen LogP) is 3.57. The lowest BCUT2D eigenvalue weighted by atomic mass is 9.95. The topological polar surface area (TPSA) is 47.6 Å². The quantitative estimate of drug-likeness (QED) is 0.866. The van der Waals surface area contributed by atoms with Crippen molar-refractivity contribution >= 4 is 23.6 Å². The Hall–Kier alpha value is -1.68. The average Bonchev–Trinajstić information content (AvgIpc) is 2.54. The summed E-state index contributed by atoms with van der Waals surface area (Å²) in [7, 11) is 0. The Kier molecular flexibility index (Phi) is 4.88. The highest BCUT2D eigenvalue weighted by molar-refractivity contribution is 6.32. The van der Waals surface area contributed by atoms with Crippen molar-refractivity contribution in [2.45, 2.75) is 38.1 Å². The van der Waals surface area contributed by atoms with Crippen LogP contribution in [-0.4, -0.2) is 25.2 Å². The van der Waals surface area contributed by atoms with Gasteiger partial charge in [-0.1, -0.05) is 30.9 Å². The zero-order chi connectivity index (χ0) is 15.4. The highest BCUT2D eigenvalue weighted by atomic mass is 35.5. The first-order chi connectivity index (χ1) is 10.7. The van der Waals surface area contributed by atoms with Crippen molar-refractivity contribution in [3.05, 3.63) is 28.8 Å². The fourth-order valence-corrected chi connectivity index (χ4v) is 3.17. The molecule has 1 fully saturated rings. The fourth-order valence-electron chi connectivity index (χ4n) is 2.90. The van der Waals surface area contributed by atoms with E-state index in [0.29, 0.717) is 35.8 Å². The zero-order valence-corrected chi connectivity index (χ0v) is 13.2. The normalized spacial score (nSPS) is 18.4. The summed E-state index contributed by atoms with van der Waals surface area (Å²) in [5, 5.41) is 3.56. The summed E-state index contributed by atoms with van der Waals surface area (Å²) in [5.74, 6) is 1.15. The molecule has 118 valence electrons. The minimum atomic E-state index is -0.0575. The van der Waals surface area contributed by atoms with Crippen molar-refractivity contribution in [1.82, 2.24) is 5.32 Å². The largest absolute Gasteiger partial charge is 0.486 e. The van der Waals surface area contributed by atoms with Gasteiger partial charge in [-0.3, -0.25) is 4.79 Å². The summed E-state index contributed by atoms with van der Waals surface area (Å²) >= 11 is 6.18. The van der Waals surface area contributed by atoms with E-state index >= 15 is 0 Å². The molecule has 22 heavy (non-hydrogen) atoms. The van der Waals surface area contributed by atoms with Crippen molar-refractivity contribution in [3.8, 4) is 11.5 Å². The Morgan fingerprint density at radius 2 is 1.95 bits per heavy atom. The molecule has 0 radical (unpaired) electrons. The molecule has 3 rings (SSSR count). The standard InChI is InChI=1S/C17H20ClNO3/c18-14-10-12(11-15-17(14)22-9-8-21-15)6-7-16(20)19-13-4-2-1-3-5-13/h6-7,10-11,13H,1-5,8-9H2,(H,19,20)/b7-6+. The molecule has 5 heteroatoms. The first-order valence-corrected chi connectivity index (χ1v) is 8.18. The highest BCUT2D eigenvalue weighted by Gasteiger charge is 2.16. The van der Waals surface area contributed by atoms with Crippen LogP contribution in [0.1, 0.15) is 37.7 Å². The van der Waals surface area contributed by atoms with Crippen LogP contribution in [0.3, 0.4) is 0 Å². The van der Waals surface area contributed by atoms with Gasteiger partial charge in [-0.2, -0.15) is 0 Å². The molecule has 0 spiro atoms. The van der Waals surface area contributed by atoms with E-state index in [1.807, 2.05) is 6.07 Å². The molecule has 1 heterocycles. The predicted molar refractivity (Wildman–Crippen MR) is 86.5 cm³/mol. The summed E-state index contributed by atoms with van der Waals surface area (Å²) in [6.07, 6.45) is 9.14. The van der Waals surface area contributed by atoms with Gasteiger partial charge < -0.3 is 14.8 Å². The second-order valence-corrected chi connectivity index (χ2v) is 6.11. The van der Waals surface area contributed by atoms with Crippen molar-refractivity contribution in [2.75, 3.05) is 13.2 Å². The monoisotopic (exact) mass is 321 g/mol. The van der Waals surface area contributed by atoms with Crippen LogP contribution in [0.4, 0.5) is 0 Å². The van der Waals surface area contributed by atoms with Gasteiger partial charge in [-0.15, -0.1) is 0 Å². The van der Waals surface area contributed by atoms with Crippen LogP contribution < -0.4 is 14.8 Å². The molecule has 1 aliphatic carbocycles. The minimum absolute atomic E-state index is 0.0575. The molecule has 0 atom stereocenters.